The fourth-order valence-electron chi connectivity index (χ4n) is 4.37. The van der Waals surface area contributed by atoms with Crippen LogP contribution in [0.2, 0.25) is 0 Å². The summed E-state index contributed by atoms with van der Waals surface area (Å²) in [5, 5.41) is 4.28. The number of nitrogens with one attached hydrogen (secondary N) is 1. The highest BCUT2D eigenvalue weighted by Gasteiger charge is 2.45. The van der Waals surface area contributed by atoms with Crippen LogP contribution in [0.4, 0.5) is 0 Å². The van der Waals surface area contributed by atoms with E-state index in [0.29, 0.717) is 6.61 Å². The minimum absolute atomic E-state index is 0.0317. The molecule has 1 N–H and O–H groups in total. The van der Waals surface area contributed by atoms with Gasteiger partial charge in [-0.3, -0.25) is 9.69 Å². The molecule has 1 aliphatic carbocycles. The summed E-state index contributed by atoms with van der Waals surface area (Å²) >= 11 is 0. The summed E-state index contributed by atoms with van der Waals surface area (Å²) in [5.74, 6) is 1.02. The Morgan fingerprint density at radius 1 is 1.36 bits per heavy atom. The van der Waals surface area contributed by atoms with Crippen LogP contribution in [0.25, 0.3) is 11.0 Å². The van der Waals surface area contributed by atoms with Crippen LogP contribution in [-0.2, 0) is 16.1 Å². The molecule has 2 fully saturated rings. The lowest BCUT2D eigenvalue weighted by molar-refractivity contribution is -0.151. The number of nitrogens with zero attached hydrogens (tertiary/aromatic N) is 1. The van der Waals surface area contributed by atoms with Crippen LogP contribution in [-0.4, -0.2) is 42.1 Å². The normalized spacial score (nSPS) is 27.6. The molecule has 134 valence electrons. The van der Waals surface area contributed by atoms with Crippen molar-refractivity contribution >= 4 is 16.9 Å². The zero-order valence-corrected chi connectivity index (χ0v) is 14.8. The van der Waals surface area contributed by atoms with E-state index < -0.39 is 0 Å². The second-order valence-corrected chi connectivity index (χ2v) is 7.37. The number of rotatable bonds is 3. The molecule has 1 saturated heterocycles. The Morgan fingerprint density at radius 3 is 3.08 bits per heavy atom. The number of para-hydroxylation sites is 1. The Hall–Kier alpha value is -1.85. The Bertz CT molecular complexity index is 719. The van der Waals surface area contributed by atoms with E-state index in [1.807, 2.05) is 18.2 Å². The first-order valence-electron chi connectivity index (χ1n) is 9.25. The van der Waals surface area contributed by atoms with Crippen molar-refractivity contribution in [3.8, 4) is 0 Å². The third-order valence-electron chi connectivity index (χ3n) is 5.50. The second kappa shape index (κ2) is 6.81. The van der Waals surface area contributed by atoms with Crippen molar-refractivity contribution in [1.82, 2.24) is 10.2 Å². The smallest absolute Gasteiger partial charge is 0.217 e. The molecule has 2 aromatic rings. The lowest BCUT2D eigenvalue weighted by Crippen LogP contribution is -2.63. The van der Waals surface area contributed by atoms with Gasteiger partial charge in [0.05, 0.1) is 19.2 Å². The summed E-state index contributed by atoms with van der Waals surface area (Å²) in [6.07, 6.45) is 4.32. The van der Waals surface area contributed by atoms with Crippen molar-refractivity contribution < 1.29 is 13.9 Å². The van der Waals surface area contributed by atoms with Crippen molar-refractivity contribution in [2.75, 3.05) is 19.7 Å². The number of benzene rings is 1. The van der Waals surface area contributed by atoms with Crippen LogP contribution >= 0.6 is 0 Å². The van der Waals surface area contributed by atoms with Gasteiger partial charge in [0, 0.05) is 25.4 Å². The highest BCUT2D eigenvalue weighted by molar-refractivity contribution is 5.77. The number of morpholine rings is 1. The molecular weight excluding hydrogens is 316 g/mol. The third-order valence-corrected chi connectivity index (χ3v) is 5.50. The monoisotopic (exact) mass is 342 g/mol. The van der Waals surface area contributed by atoms with E-state index in [4.69, 9.17) is 9.15 Å². The topological polar surface area (TPSA) is 54.7 Å². The van der Waals surface area contributed by atoms with Gasteiger partial charge in [-0.25, -0.2) is 0 Å². The molecule has 2 atom stereocenters. The van der Waals surface area contributed by atoms with Gasteiger partial charge in [-0.05, 0) is 25.0 Å². The van der Waals surface area contributed by atoms with Crippen molar-refractivity contribution in [3.63, 3.8) is 0 Å². The zero-order valence-electron chi connectivity index (χ0n) is 14.8. The molecule has 1 aliphatic heterocycles. The van der Waals surface area contributed by atoms with Gasteiger partial charge < -0.3 is 14.5 Å². The summed E-state index contributed by atoms with van der Waals surface area (Å²) in [7, 11) is 0. The van der Waals surface area contributed by atoms with Crippen molar-refractivity contribution in [1.29, 1.82) is 0 Å². The van der Waals surface area contributed by atoms with Crippen molar-refractivity contribution in [2.24, 2.45) is 0 Å². The van der Waals surface area contributed by atoms with Gasteiger partial charge in [0.15, 0.2) is 0 Å². The molecule has 5 nitrogen and oxygen atoms in total. The minimum Gasteiger partial charge on any atom is -0.460 e. The number of hydrogen-bond donors (Lipinski definition) is 1. The van der Waals surface area contributed by atoms with Crippen molar-refractivity contribution in [2.45, 2.75) is 50.8 Å². The first kappa shape index (κ1) is 16.6. The molecule has 0 bridgehead atoms. The third kappa shape index (κ3) is 3.44. The molecule has 1 spiro atoms. The highest BCUT2D eigenvalue weighted by Crippen LogP contribution is 2.35. The largest absolute Gasteiger partial charge is 0.460 e. The van der Waals surface area contributed by atoms with Crippen LogP contribution in [0, 0.1) is 0 Å². The summed E-state index contributed by atoms with van der Waals surface area (Å²) in [6, 6.07) is 10.4. The van der Waals surface area contributed by atoms with Gasteiger partial charge in [-0.2, -0.15) is 0 Å². The zero-order chi connectivity index (χ0) is 17.3. The Kier molecular flexibility index (Phi) is 4.52. The fourth-order valence-corrected chi connectivity index (χ4v) is 4.37. The molecule has 2 heterocycles. The SMILES string of the molecule is CC(=O)N[C@H]1CCCC[C@]12CN(Cc1cc3ccccc3o1)CCO2. The summed E-state index contributed by atoms with van der Waals surface area (Å²) < 4.78 is 12.2. The van der Waals surface area contributed by atoms with Crippen LogP contribution < -0.4 is 5.32 Å². The molecule has 0 unspecified atom stereocenters. The lowest BCUT2D eigenvalue weighted by atomic mass is 9.78. The maximum atomic E-state index is 11.6. The maximum Gasteiger partial charge on any atom is 0.217 e. The summed E-state index contributed by atoms with van der Waals surface area (Å²) in [4.78, 5) is 14.0. The van der Waals surface area contributed by atoms with Crippen LogP contribution in [0.1, 0.15) is 38.4 Å². The van der Waals surface area contributed by atoms with Gasteiger partial charge in [0.25, 0.3) is 0 Å². The quantitative estimate of drug-likeness (QED) is 0.931. The highest BCUT2D eigenvalue weighted by atomic mass is 16.5. The molecule has 4 rings (SSSR count). The van der Waals surface area contributed by atoms with Crippen LogP contribution in [0.15, 0.2) is 34.7 Å². The van der Waals surface area contributed by atoms with E-state index in [9.17, 15) is 4.79 Å². The summed E-state index contributed by atoms with van der Waals surface area (Å²) in [6.45, 7) is 4.82. The number of fused-ring (bicyclic) bond motifs is 1. The average Bonchev–Trinajstić information content (AvgIpc) is 2.99. The number of carbonyl (C=O) groups excluding carboxylic acids is 1. The predicted octanol–water partition coefficient (Wildman–Crippen LogP) is 3.08. The van der Waals surface area contributed by atoms with Gasteiger partial charge in [0.1, 0.15) is 16.9 Å². The van der Waals surface area contributed by atoms with Gasteiger partial charge in [0.2, 0.25) is 5.91 Å². The minimum atomic E-state index is -0.256. The van der Waals surface area contributed by atoms with Crippen LogP contribution in [0.3, 0.4) is 0 Å². The molecule has 1 aromatic heterocycles. The van der Waals surface area contributed by atoms with E-state index in [1.165, 1.54) is 0 Å². The van der Waals surface area contributed by atoms with Gasteiger partial charge >= 0.3 is 0 Å². The predicted molar refractivity (Wildman–Crippen MR) is 96.2 cm³/mol. The van der Waals surface area contributed by atoms with Crippen molar-refractivity contribution in [3.05, 3.63) is 36.1 Å². The van der Waals surface area contributed by atoms with E-state index in [-0.39, 0.29) is 17.6 Å². The number of amides is 1. The maximum absolute atomic E-state index is 11.6. The number of hydrogen-bond acceptors (Lipinski definition) is 4. The number of carbonyl (C=O) groups is 1. The molecule has 0 radical (unpaired) electrons. The number of furan rings is 1. The molecule has 1 aromatic carbocycles. The Morgan fingerprint density at radius 2 is 2.24 bits per heavy atom. The molecular formula is C20H26N2O3. The first-order valence-corrected chi connectivity index (χ1v) is 9.25. The second-order valence-electron chi connectivity index (χ2n) is 7.37. The lowest BCUT2D eigenvalue weighted by Gasteiger charge is -2.49. The molecule has 1 amide bonds. The van der Waals surface area contributed by atoms with E-state index in [1.54, 1.807) is 6.92 Å². The fraction of sp³-hybridized carbons (Fsp3) is 0.550. The average molecular weight is 342 g/mol. The summed E-state index contributed by atoms with van der Waals surface area (Å²) in [5.41, 5.74) is 0.683. The van der Waals surface area contributed by atoms with E-state index >= 15 is 0 Å². The Labute approximate surface area is 148 Å². The van der Waals surface area contributed by atoms with E-state index in [2.05, 4.69) is 22.3 Å². The number of ether oxygens (including phenoxy) is 1. The Balaban J connectivity index is 1.50. The molecule has 25 heavy (non-hydrogen) atoms. The van der Waals surface area contributed by atoms with Crippen LogP contribution in [0.5, 0.6) is 0 Å². The molecule has 1 saturated carbocycles. The van der Waals surface area contributed by atoms with E-state index in [0.717, 1.165) is 62.0 Å². The molecule has 5 heteroatoms. The standard InChI is InChI=1S/C20H26N2O3/c1-15(23)21-19-8-4-5-9-20(19)14-22(10-11-24-20)13-17-12-16-6-2-3-7-18(16)25-17/h2-3,6-7,12,19H,4-5,8-11,13-14H2,1H3,(H,21,23)/t19-,20-/m0/s1. The van der Waals surface area contributed by atoms with Gasteiger partial charge in [-0.1, -0.05) is 31.0 Å². The first-order chi connectivity index (χ1) is 12.1. The molecule has 2 aliphatic rings. The van der Waals surface area contributed by atoms with Gasteiger partial charge in [-0.15, -0.1) is 0 Å².